The van der Waals surface area contributed by atoms with Gasteiger partial charge >= 0.3 is 0 Å². The van der Waals surface area contributed by atoms with Gasteiger partial charge in [-0.05, 0) is 36.4 Å². The van der Waals surface area contributed by atoms with E-state index in [-0.39, 0.29) is 0 Å². The third-order valence-corrected chi connectivity index (χ3v) is 5.54. The first kappa shape index (κ1) is 15.0. The summed E-state index contributed by atoms with van der Waals surface area (Å²) in [5.74, 6) is 0. The van der Waals surface area contributed by atoms with Crippen LogP contribution in [0.3, 0.4) is 0 Å². The van der Waals surface area contributed by atoms with E-state index in [0.29, 0.717) is 0 Å². The van der Waals surface area contributed by atoms with Gasteiger partial charge in [-0.2, -0.15) is 20.5 Å². The average molecular weight is 352 g/mol. The molecule has 0 saturated carbocycles. The van der Waals surface area contributed by atoms with Crippen molar-refractivity contribution in [2.24, 2.45) is 20.5 Å². The minimum absolute atomic E-state index is 0.832. The zero-order valence-corrected chi connectivity index (χ0v) is 14.6. The van der Waals surface area contributed by atoms with Crippen LogP contribution in [-0.2, 0) is 0 Å². The second-order valence-corrected chi connectivity index (χ2v) is 7.00. The fraction of sp³-hybridized carbons (Fsp3) is 0.125. The van der Waals surface area contributed by atoms with Gasteiger partial charge in [-0.1, -0.05) is 0 Å². The predicted octanol–water partition coefficient (Wildman–Crippen LogP) is 6.00. The molecule has 2 heterocycles. The Bertz CT molecular complexity index is 1000. The van der Waals surface area contributed by atoms with Gasteiger partial charge in [-0.25, -0.2) is 9.97 Å². The summed E-state index contributed by atoms with van der Waals surface area (Å²) >= 11 is 3.23. The molecule has 0 amide bonds. The molecule has 118 valence electrons. The summed E-state index contributed by atoms with van der Waals surface area (Å²) in [6, 6.07) is 11.8. The molecular weight excluding hydrogens is 340 g/mol. The second-order valence-electron chi connectivity index (χ2n) is 4.94. The van der Waals surface area contributed by atoms with E-state index >= 15 is 0 Å². The summed E-state index contributed by atoms with van der Waals surface area (Å²) in [6.07, 6.45) is 0. The number of thiazole rings is 2. The summed E-state index contributed by atoms with van der Waals surface area (Å²) in [6.45, 7) is 0. The number of azo groups is 2. The molecule has 0 fully saturated rings. The Kier molecular flexibility index (Phi) is 3.83. The fourth-order valence-corrected chi connectivity index (χ4v) is 4.38. The summed E-state index contributed by atoms with van der Waals surface area (Å²) in [4.78, 5) is 9.38. The predicted molar refractivity (Wildman–Crippen MR) is 99.1 cm³/mol. The number of fused-ring (bicyclic) bond motifs is 2. The number of rotatable bonds is 3. The number of hydrogen-bond acceptors (Lipinski definition) is 8. The van der Waals surface area contributed by atoms with Crippen molar-refractivity contribution in [1.29, 1.82) is 0 Å². The van der Waals surface area contributed by atoms with E-state index in [1.54, 1.807) is 36.8 Å². The molecular formula is C16H12N6S2. The van der Waals surface area contributed by atoms with Crippen molar-refractivity contribution in [2.75, 3.05) is 14.1 Å². The van der Waals surface area contributed by atoms with Crippen molar-refractivity contribution >= 4 is 54.5 Å². The molecule has 0 aliphatic rings. The Labute approximate surface area is 145 Å². The molecule has 6 nitrogen and oxygen atoms in total. The molecule has 0 aliphatic carbocycles. The molecule has 24 heavy (non-hydrogen) atoms. The highest BCUT2D eigenvalue weighted by atomic mass is 32.1. The van der Waals surface area contributed by atoms with Gasteiger partial charge in [-0.15, -0.1) is 22.7 Å². The van der Waals surface area contributed by atoms with Crippen molar-refractivity contribution < 1.29 is 0 Å². The van der Waals surface area contributed by atoms with E-state index in [9.17, 15) is 0 Å². The first-order chi connectivity index (χ1) is 11.8. The van der Waals surface area contributed by atoms with Crippen LogP contribution in [0.15, 0.2) is 56.9 Å². The normalized spacial score (nSPS) is 12.2. The third-order valence-electron chi connectivity index (χ3n) is 3.36. The minimum Gasteiger partial charge on any atom is -0.233 e. The Morgan fingerprint density at radius 1 is 0.708 bits per heavy atom. The van der Waals surface area contributed by atoms with Crippen LogP contribution in [0.5, 0.6) is 0 Å². The van der Waals surface area contributed by atoms with E-state index in [1.807, 2.05) is 36.4 Å². The molecule has 0 saturated heterocycles. The van der Waals surface area contributed by atoms with E-state index in [0.717, 1.165) is 41.8 Å². The Balaban J connectivity index is 1.79. The first-order valence-electron chi connectivity index (χ1n) is 7.18. The van der Waals surface area contributed by atoms with Crippen LogP contribution >= 0.6 is 22.7 Å². The molecule has 2 aromatic carbocycles. The first-order valence-corrected chi connectivity index (χ1v) is 8.81. The fourth-order valence-electron chi connectivity index (χ4n) is 2.36. The topological polar surface area (TPSA) is 75.2 Å². The molecule has 0 bridgehead atoms. The highest BCUT2D eigenvalue weighted by Crippen LogP contribution is 2.37. The summed E-state index contributed by atoms with van der Waals surface area (Å²) in [5.41, 5.74) is 3.56. The van der Waals surface area contributed by atoms with Crippen LogP contribution in [0.25, 0.3) is 30.4 Å². The highest BCUT2D eigenvalue weighted by Gasteiger charge is 2.12. The van der Waals surface area contributed by atoms with E-state index < -0.39 is 0 Å². The molecule has 0 N–H and O–H groups in total. The zero-order valence-electron chi connectivity index (χ0n) is 13.0. The number of nitrogens with zero attached hydrogens (tertiary/aromatic N) is 6. The van der Waals surface area contributed by atoms with Crippen LogP contribution in [0.4, 0.5) is 11.4 Å². The summed E-state index contributed by atoms with van der Waals surface area (Å²) in [5, 5.41) is 17.6. The van der Waals surface area contributed by atoms with Gasteiger partial charge in [0.25, 0.3) is 0 Å². The summed E-state index contributed by atoms with van der Waals surface area (Å²) in [7, 11) is 3.32. The molecule has 2 aromatic heterocycles. The zero-order chi connectivity index (χ0) is 16.5. The Morgan fingerprint density at radius 3 is 1.58 bits per heavy atom. The number of benzene rings is 2. The standard InChI is InChI=1S/C16H12N6S2/c1-17-21-9-3-5-11-13(7-9)23-15(19-11)16-20-12-6-4-10(22-18-2)8-14(12)24-16/h3-8H,1-2H3. The van der Waals surface area contributed by atoms with Crippen LogP contribution in [0.1, 0.15) is 0 Å². The van der Waals surface area contributed by atoms with Gasteiger partial charge < -0.3 is 0 Å². The van der Waals surface area contributed by atoms with Crippen molar-refractivity contribution in [2.45, 2.75) is 0 Å². The van der Waals surface area contributed by atoms with Gasteiger partial charge in [0, 0.05) is 14.1 Å². The third kappa shape index (κ3) is 2.70. The molecule has 4 aromatic rings. The maximum absolute atomic E-state index is 4.69. The molecule has 0 aliphatic heterocycles. The molecule has 8 heteroatoms. The minimum atomic E-state index is 0.832. The lowest BCUT2D eigenvalue weighted by Crippen LogP contribution is -1.73. The van der Waals surface area contributed by atoms with E-state index in [1.165, 1.54) is 0 Å². The SMILES string of the molecule is CN=Nc1ccc2nc(-c3nc4ccc(N=NC)cc4s3)sc2c1. The largest absolute Gasteiger partial charge is 0.233 e. The van der Waals surface area contributed by atoms with Crippen LogP contribution in [0.2, 0.25) is 0 Å². The molecule has 0 atom stereocenters. The van der Waals surface area contributed by atoms with Gasteiger partial charge in [0.05, 0.1) is 31.8 Å². The van der Waals surface area contributed by atoms with Crippen LogP contribution in [0, 0.1) is 0 Å². The van der Waals surface area contributed by atoms with Crippen LogP contribution in [-0.4, -0.2) is 24.1 Å². The van der Waals surface area contributed by atoms with Gasteiger partial charge in [-0.3, -0.25) is 0 Å². The average Bonchev–Trinajstić information content (AvgIpc) is 3.18. The van der Waals surface area contributed by atoms with Crippen molar-refractivity contribution in [3.05, 3.63) is 36.4 Å². The van der Waals surface area contributed by atoms with Gasteiger partial charge in [0.1, 0.15) is 0 Å². The molecule has 0 radical (unpaired) electrons. The van der Waals surface area contributed by atoms with Crippen LogP contribution < -0.4 is 0 Å². The quantitative estimate of drug-likeness (QED) is 0.424. The smallest absolute Gasteiger partial charge is 0.153 e. The van der Waals surface area contributed by atoms with E-state index in [2.05, 4.69) is 20.5 Å². The maximum Gasteiger partial charge on any atom is 0.153 e. The van der Waals surface area contributed by atoms with Crippen molar-refractivity contribution in [1.82, 2.24) is 9.97 Å². The van der Waals surface area contributed by atoms with Gasteiger partial charge in [0.15, 0.2) is 10.0 Å². The number of aromatic nitrogens is 2. The second kappa shape index (κ2) is 6.14. The monoisotopic (exact) mass is 352 g/mol. The molecule has 0 unspecified atom stereocenters. The number of hydrogen-bond donors (Lipinski definition) is 0. The maximum atomic E-state index is 4.69. The Morgan fingerprint density at radius 2 is 1.17 bits per heavy atom. The van der Waals surface area contributed by atoms with Crippen molar-refractivity contribution in [3.8, 4) is 10.0 Å². The van der Waals surface area contributed by atoms with Crippen molar-refractivity contribution in [3.63, 3.8) is 0 Å². The lowest BCUT2D eigenvalue weighted by Gasteiger charge is -1.89. The van der Waals surface area contributed by atoms with Gasteiger partial charge in [0.2, 0.25) is 0 Å². The lowest BCUT2D eigenvalue weighted by molar-refractivity contribution is 1.17. The highest BCUT2D eigenvalue weighted by molar-refractivity contribution is 7.27. The molecule has 0 spiro atoms. The van der Waals surface area contributed by atoms with E-state index in [4.69, 9.17) is 9.97 Å². The lowest BCUT2D eigenvalue weighted by atomic mass is 10.3. The summed E-state index contributed by atoms with van der Waals surface area (Å²) < 4.78 is 2.16. The Hall–Kier alpha value is -2.58. The molecule has 4 rings (SSSR count).